The highest BCUT2D eigenvalue weighted by Gasteiger charge is 2.46. The van der Waals surface area contributed by atoms with Crippen LogP contribution in [0.1, 0.15) is 79.8 Å². The fourth-order valence-electron chi connectivity index (χ4n) is 6.11. The quantitative estimate of drug-likeness (QED) is 0.347. The van der Waals surface area contributed by atoms with E-state index in [0.29, 0.717) is 41.6 Å². The van der Waals surface area contributed by atoms with Crippen molar-refractivity contribution in [1.29, 1.82) is 5.26 Å². The topological polar surface area (TPSA) is 105 Å². The number of fused-ring (bicyclic) bond motifs is 3. The molecule has 2 aliphatic heterocycles. The lowest BCUT2D eigenvalue weighted by Crippen LogP contribution is -2.28. The van der Waals surface area contributed by atoms with Gasteiger partial charge in [0.2, 0.25) is 12.1 Å². The minimum atomic E-state index is -0.595. The standard InChI is InChI=1S/C32H32N4O5.C2H6/c1-18(2)40-27-11-9-19(12-22(27)16-33)32-34-31(35-41-32)25-7-5-6-24-26(25)13-21-14-29(37)36(30(21)24)17-20-8-10-23(38-3)15-28(20)39-4;1-2/h5-12,15,18,21,30,32H,13-14,17H2,1-4H3,(H,34,35);1-2H3. The number of hydrogen-bond acceptors (Lipinski definition) is 8. The minimum absolute atomic E-state index is 0.0188. The van der Waals surface area contributed by atoms with E-state index in [2.05, 4.69) is 17.6 Å². The molecule has 0 aromatic heterocycles. The average Bonchev–Trinajstić information content (AvgIpc) is 3.73. The zero-order valence-electron chi connectivity index (χ0n) is 25.5. The van der Waals surface area contributed by atoms with Crippen molar-refractivity contribution < 1.29 is 23.8 Å². The average molecular weight is 583 g/mol. The van der Waals surface area contributed by atoms with Crippen LogP contribution in [-0.4, -0.2) is 37.0 Å². The molecule has 0 bridgehead atoms. The van der Waals surface area contributed by atoms with Gasteiger partial charge in [-0.25, -0.2) is 15.3 Å². The molecule has 1 fully saturated rings. The highest BCUT2D eigenvalue weighted by atomic mass is 16.7. The second kappa shape index (κ2) is 12.8. The molecular formula is C34H38N4O5. The maximum absolute atomic E-state index is 13.2. The van der Waals surface area contributed by atoms with Gasteiger partial charge in [-0.05, 0) is 61.6 Å². The van der Waals surface area contributed by atoms with Gasteiger partial charge in [-0.1, -0.05) is 38.1 Å². The van der Waals surface area contributed by atoms with Gasteiger partial charge in [0.05, 0.1) is 31.9 Å². The molecule has 0 saturated carbocycles. The smallest absolute Gasteiger partial charge is 0.223 e. The third-order valence-corrected chi connectivity index (χ3v) is 7.91. The molecule has 3 unspecified atom stereocenters. The largest absolute Gasteiger partial charge is 0.497 e. The summed E-state index contributed by atoms with van der Waals surface area (Å²) in [5.41, 5.74) is 8.43. The fourth-order valence-corrected chi connectivity index (χ4v) is 6.11. The van der Waals surface area contributed by atoms with Crippen LogP contribution in [0.25, 0.3) is 0 Å². The maximum atomic E-state index is 13.2. The Morgan fingerprint density at radius 1 is 1.07 bits per heavy atom. The summed E-state index contributed by atoms with van der Waals surface area (Å²) in [7, 11) is 3.25. The summed E-state index contributed by atoms with van der Waals surface area (Å²) in [6, 6.07) is 19.5. The molecule has 1 saturated heterocycles. The number of nitrogens with zero attached hydrogens (tertiary/aromatic N) is 3. The Kier molecular flexibility index (Phi) is 8.88. The molecule has 3 atom stereocenters. The number of amides is 1. The second-order valence-electron chi connectivity index (χ2n) is 10.8. The van der Waals surface area contributed by atoms with Gasteiger partial charge < -0.3 is 19.1 Å². The van der Waals surface area contributed by atoms with Crippen molar-refractivity contribution in [2.24, 2.45) is 10.9 Å². The number of ether oxygens (including phenoxy) is 3. The van der Waals surface area contributed by atoms with Gasteiger partial charge in [-0.3, -0.25) is 4.79 Å². The van der Waals surface area contributed by atoms with Crippen LogP contribution in [0.4, 0.5) is 0 Å². The molecule has 0 spiro atoms. The number of carbonyl (C=O) groups excluding carboxylic acids is 1. The molecule has 9 heteroatoms. The summed E-state index contributed by atoms with van der Waals surface area (Å²) in [6.45, 7) is 8.30. The molecule has 1 aliphatic carbocycles. The molecule has 43 heavy (non-hydrogen) atoms. The molecule has 3 aromatic rings. The summed E-state index contributed by atoms with van der Waals surface area (Å²) in [5, 5.41) is 9.64. The number of carbonyl (C=O) groups is 1. The van der Waals surface area contributed by atoms with E-state index < -0.39 is 6.23 Å². The number of hydroxylamine groups is 1. The van der Waals surface area contributed by atoms with Crippen molar-refractivity contribution in [1.82, 2.24) is 10.4 Å². The molecule has 0 radical (unpaired) electrons. The number of nitrogens with one attached hydrogen (secondary N) is 1. The highest BCUT2D eigenvalue weighted by molar-refractivity contribution is 6.01. The summed E-state index contributed by atoms with van der Waals surface area (Å²) in [4.78, 5) is 25.8. The van der Waals surface area contributed by atoms with Crippen molar-refractivity contribution in [2.75, 3.05) is 14.2 Å². The van der Waals surface area contributed by atoms with E-state index in [1.807, 2.05) is 69.0 Å². The van der Waals surface area contributed by atoms with E-state index in [1.165, 1.54) is 5.56 Å². The summed E-state index contributed by atoms with van der Waals surface area (Å²) < 4.78 is 16.7. The van der Waals surface area contributed by atoms with Gasteiger partial charge in [-0.15, -0.1) is 0 Å². The van der Waals surface area contributed by atoms with Gasteiger partial charge in [0.1, 0.15) is 23.3 Å². The molecule has 224 valence electrons. The van der Waals surface area contributed by atoms with E-state index in [4.69, 9.17) is 24.0 Å². The van der Waals surface area contributed by atoms with Gasteiger partial charge in [0.25, 0.3) is 0 Å². The predicted octanol–water partition coefficient (Wildman–Crippen LogP) is 6.01. The molecule has 1 amide bonds. The SMILES string of the molecule is CC.COc1ccc(CN2C(=O)CC3Cc4c(C5=NC(c6ccc(OC(C)C)c(C#N)c6)ON5)cccc4C32)c(OC)c1. The maximum Gasteiger partial charge on any atom is 0.223 e. The predicted molar refractivity (Wildman–Crippen MR) is 163 cm³/mol. The van der Waals surface area contributed by atoms with Crippen LogP contribution in [0.5, 0.6) is 17.2 Å². The van der Waals surface area contributed by atoms with Crippen LogP contribution in [-0.2, 0) is 22.6 Å². The van der Waals surface area contributed by atoms with Crippen molar-refractivity contribution >= 4 is 11.7 Å². The van der Waals surface area contributed by atoms with E-state index in [1.54, 1.807) is 26.4 Å². The highest BCUT2D eigenvalue weighted by Crippen LogP contribution is 2.49. The van der Waals surface area contributed by atoms with Gasteiger partial charge in [0.15, 0.2) is 5.84 Å². The first kappa shape index (κ1) is 29.9. The van der Waals surface area contributed by atoms with E-state index >= 15 is 0 Å². The zero-order valence-corrected chi connectivity index (χ0v) is 25.5. The van der Waals surface area contributed by atoms with Crippen LogP contribution >= 0.6 is 0 Å². The summed E-state index contributed by atoms with van der Waals surface area (Å²) in [6.07, 6.45) is 0.648. The number of rotatable bonds is 8. The van der Waals surface area contributed by atoms with Gasteiger partial charge in [0, 0.05) is 35.7 Å². The van der Waals surface area contributed by atoms with Crippen LogP contribution in [0.2, 0.25) is 0 Å². The van der Waals surface area contributed by atoms with Crippen molar-refractivity contribution in [3.05, 3.63) is 88.0 Å². The Morgan fingerprint density at radius 2 is 1.88 bits per heavy atom. The molecule has 2 heterocycles. The first-order chi connectivity index (χ1) is 20.9. The lowest BCUT2D eigenvalue weighted by atomic mass is 10.0. The van der Waals surface area contributed by atoms with E-state index in [0.717, 1.165) is 28.7 Å². The second-order valence-corrected chi connectivity index (χ2v) is 10.8. The van der Waals surface area contributed by atoms with Crippen molar-refractivity contribution in [3.8, 4) is 23.3 Å². The number of hydrogen-bond donors (Lipinski definition) is 1. The Bertz CT molecular complexity index is 1580. The van der Waals surface area contributed by atoms with Crippen LogP contribution in [0, 0.1) is 17.2 Å². The molecule has 3 aliphatic rings. The molecule has 3 aromatic carbocycles. The monoisotopic (exact) mass is 582 g/mol. The van der Waals surface area contributed by atoms with Crippen molar-refractivity contribution in [3.63, 3.8) is 0 Å². The third-order valence-electron chi connectivity index (χ3n) is 7.91. The molecule has 6 rings (SSSR count). The zero-order chi connectivity index (χ0) is 30.7. The van der Waals surface area contributed by atoms with Crippen LogP contribution in [0.3, 0.4) is 0 Å². The Labute approximate surface area is 253 Å². The molecule has 9 nitrogen and oxygen atoms in total. The van der Waals surface area contributed by atoms with Crippen LogP contribution < -0.4 is 19.7 Å². The molecule has 1 N–H and O–H groups in total. The minimum Gasteiger partial charge on any atom is -0.497 e. The summed E-state index contributed by atoms with van der Waals surface area (Å²) >= 11 is 0. The van der Waals surface area contributed by atoms with E-state index in [-0.39, 0.29) is 24.0 Å². The number of methoxy groups -OCH3 is 2. The number of amidine groups is 1. The first-order valence-electron chi connectivity index (χ1n) is 14.7. The third kappa shape index (κ3) is 5.75. The van der Waals surface area contributed by atoms with Gasteiger partial charge in [-0.2, -0.15) is 5.26 Å². The van der Waals surface area contributed by atoms with E-state index in [9.17, 15) is 10.1 Å². The van der Waals surface area contributed by atoms with Crippen LogP contribution in [0.15, 0.2) is 59.6 Å². The number of benzene rings is 3. The number of nitriles is 1. The Morgan fingerprint density at radius 3 is 2.60 bits per heavy atom. The lowest BCUT2D eigenvalue weighted by molar-refractivity contribution is -0.129. The summed E-state index contributed by atoms with van der Waals surface area (Å²) in [5.74, 6) is 2.92. The lowest BCUT2D eigenvalue weighted by Gasteiger charge is -2.26. The number of aliphatic imine (C=N–C) groups is 1. The Balaban J connectivity index is 0.00000180. The Hall–Kier alpha value is -4.55. The molecular weight excluding hydrogens is 544 g/mol. The first-order valence-corrected chi connectivity index (χ1v) is 14.7. The normalized spacial score (nSPS) is 20.0. The number of likely N-dealkylation sites (tertiary alicyclic amines) is 1. The fraction of sp³-hybridized carbons (Fsp3) is 0.382. The van der Waals surface area contributed by atoms with Gasteiger partial charge >= 0.3 is 0 Å². The van der Waals surface area contributed by atoms with Crippen molar-refractivity contribution in [2.45, 2.75) is 65.5 Å².